The van der Waals surface area contributed by atoms with Crippen LogP contribution in [0, 0.1) is 0 Å². The Bertz CT molecular complexity index is 671. The molecule has 0 saturated heterocycles. The Morgan fingerprint density at radius 2 is 2.17 bits per heavy atom. The van der Waals surface area contributed by atoms with E-state index in [2.05, 4.69) is 36.8 Å². The first kappa shape index (κ1) is 16.4. The van der Waals surface area contributed by atoms with Crippen molar-refractivity contribution >= 4 is 39.3 Å². The fourth-order valence-electron chi connectivity index (χ4n) is 2.73. The summed E-state index contributed by atoms with van der Waals surface area (Å²) in [6.45, 7) is 0. The van der Waals surface area contributed by atoms with Crippen molar-refractivity contribution in [3.8, 4) is 0 Å². The molecule has 122 valence electrons. The predicted octanol–water partition coefficient (Wildman–Crippen LogP) is 3.67. The lowest BCUT2D eigenvalue weighted by Gasteiger charge is -2.21. The van der Waals surface area contributed by atoms with Gasteiger partial charge in [0.15, 0.2) is 0 Å². The van der Waals surface area contributed by atoms with Gasteiger partial charge in [-0.3, -0.25) is 4.79 Å². The number of rotatable bonds is 5. The smallest absolute Gasteiger partial charge is 0.234 e. The number of carbonyl (C=O) groups is 1. The van der Waals surface area contributed by atoms with E-state index in [9.17, 15) is 4.79 Å². The summed E-state index contributed by atoms with van der Waals surface area (Å²) in [5, 5.41) is 15.5. The van der Waals surface area contributed by atoms with Crippen molar-refractivity contribution in [1.82, 2.24) is 20.2 Å². The minimum absolute atomic E-state index is 0.0636. The third kappa shape index (κ3) is 4.54. The van der Waals surface area contributed by atoms with Gasteiger partial charge in [-0.05, 0) is 41.5 Å². The molecule has 1 N–H and O–H groups in total. The normalized spacial score (nSPS) is 15.5. The second kappa shape index (κ2) is 7.92. The number of anilines is 1. The summed E-state index contributed by atoms with van der Waals surface area (Å²) >= 11 is 4.77. The van der Waals surface area contributed by atoms with Crippen LogP contribution in [0.1, 0.15) is 38.1 Å². The summed E-state index contributed by atoms with van der Waals surface area (Å²) in [7, 11) is 0. The van der Waals surface area contributed by atoms with Gasteiger partial charge >= 0.3 is 0 Å². The lowest BCUT2D eigenvalue weighted by molar-refractivity contribution is -0.113. The van der Waals surface area contributed by atoms with Crippen LogP contribution >= 0.6 is 27.7 Å². The van der Waals surface area contributed by atoms with Gasteiger partial charge in [0.25, 0.3) is 0 Å². The molecule has 1 aromatic carbocycles. The molecule has 0 unspecified atom stereocenters. The highest BCUT2D eigenvalue weighted by atomic mass is 79.9. The summed E-state index contributed by atoms with van der Waals surface area (Å²) in [6.07, 6.45) is 5.96. The van der Waals surface area contributed by atoms with Crippen LogP contribution in [0.25, 0.3) is 0 Å². The molecule has 0 aliphatic heterocycles. The Kier molecular flexibility index (Phi) is 5.66. The highest BCUT2D eigenvalue weighted by Gasteiger charge is 2.20. The van der Waals surface area contributed by atoms with Gasteiger partial charge in [0, 0.05) is 10.2 Å². The van der Waals surface area contributed by atoms with Gasteiger partial charge in [0.2, 0.25) is 11.1 Å². The van der Waals surface area contributed by atoms with Crippen LogP contribution in [0.15, 0.2) is 33.9 Å². The lowest BCUT2D eigenvalue weighted by atomic mass is 9.96. The number of aromatic nitrogens is 4. The summed E-state index contributed by atoms with van der Waals surface area (Å²) in [4.78, 5) is 12.1. The number of hydrogen-bond donors (Lipinski definition) is 1. The number of nitrogens with one attached hydrogen (secondary N) is 1. The van der Waals surface area contributed by atoms with E-state index in [1.807, 2.05) is 28.9 Å². The van der Waals surface area contributed by atoms with Gasteiger partial charge in [-0.1, -0.05) is 53.0 Å². The van der Waals surface area contributed by atoms with Gasteiger partial charge in [-0.15, -0.1) is 5.10 Å². The van der Waals surface area contributed by atoms with Crippen LogP contribution in [0.3, 0.4) is 0 Å². The predicted molar refractivity (Wildman–Crippen MR) is 93.4 cm³/mol. The van der Waals surface area contributed by atoms with Crippen molar-refractivity contribution in [2.45, 2.75) is 43.3 Å². The Labute approximate surface area is 147 Å². The van der Waals surface area contributed by atoms with Crippen LogP contribution in [-0.2, 0) is 4.79 Å². The topological polar surface area (TPSA) is 72.7 Å². The van der Waals surface area contributed by atoms with E-state index in [0.29, 0.717) is 11.8 Å². The molecule has 6 nitrogen and oxygen atoms in total. The number of halogens is 1. The average molecular weight is 396 g/mol. The third-order valence-corrected chi connectivity index (χ3v) is 5.25. The van der Waals surface area contributed by atoms with E-state index in [0.717, 1.165) is 28.2 Å². The van der Waals surface area contributed by atoms with Gasteiger partial charge in [-0.25, -0.2) is 4.68 Å². The second-order valence-electron chi connectivity index (χ2n) is 5.55. The zero-order chi connectivity index (χ0) is 16.1. The van der Waals surface area contributed by atoms with Crippen molar-refractivity contribution in [3.05, 3.63) is 28.7 Å². The molecule has 1 aliphatic rings. The molecule has 3 rings (SSSR count). The Morgan fingerprint density at radius 1 is 1.35 bits per heavy atom. The molecule has 1 aromatic heterocycles. The van der Waals surface area contributed by atoms with Crippen LogP contribution < -0.4 is 5.32 Å². The van der Waals surface area contributed by atoms with E-state index < -0.39 is 0 Å². The first-order chi connectivity index (χ1) is 11.2. The van der Waals surface area contributed by atoms with Gasteiger partial charge < -0.3 is 5.32 Å². The van der Waals surface area contributed by atoms with Crippen molar-refractivity contribution in [2.24, 2.45) is 0 Å². The molecule has 0 radical (unpaired) electrons. The molecule has 0 atom stereocenters. The standard InChI is InChI=1S/C15H18BrN5OS/c16-11-5-4-6-12(9-11)17-14(22)10-23-15-18-19-20-21(15)13-7-2-1-3-8-13/h4-6,9,13H,1-3,7-8,10H2,(H,17,22). The molecule has 0 spiro atoms. The Morgan fingerprint density at radius 3 is 2.96 bits per heavy atom. The van der Waals surface area contributed by atoms with Crippen LogP contribution in [0.4, 0.5) is 5.69 Å². The molecule has 0 bridgehead atoms. The van der Waals surface area contributed by atoms with E-state index in [4.69, 9.17) is 0 Å². The minimum Gasteiger partial charge on any atom is -0.325 e. The number of tetrazole rings is 1. The van der Waals surface area contributed by atoms with Crippen LogP contribution in [0.5, 0.6) is 0 Å². The van der Waals surface area contributed by atoms with Gasteiger partial charge in [0.1, 0.15) is 0 Å². The number of thioether (sulfide) groups is 1. The summed E-state index contributed by atoms with van der Waals surface area (Å²) in [6, 6.07) is 7.90. The maximum atomic E-state index is 12.1. The molecule has 1 aliphatic carbocycles. The quantitative estimate of drug-likeness (QED) is 0.781. The molecule has 1 heterocycles. The fraction of sp³-hybridized carbons (Fsp3) is 0.467. The molecule has 8 heteroatoms. The molecule has 23 heavy (non-hydrogen) atoms. The van der Waals surface area contributed by atoms with E-state index in [-0.39, 0.29) is 5.91 Å². The highest BCUT2D eigenvalue weighted by Crippen LogP contribution is 2.30. The van der Waals surface area contributed by atoms with E-state index in [1.54, 1.807) is 0 Å². The Hall–Kier alpha value is -1.41. The lowest BCUT2D eigenvalue weighted by Crippen LogP contribution is -2.17. The van der Waals surface area contributed by atoms with Crippen LogP contribution in [-0.4, -0.2) is 31.9 Å². The fourth-order valence-corrected chi connectivity index (χ4v) is 3.87. The van der Waals surface area contributed by atoms with Crippen LogP contribution in [0.2, 0.25) is 0 Å². The van der Waals surface area contributed by atoms with E-state index >= 15 is 0 Å². The zero-order valence-corrected chi connectivity index (χ0v) is 15.0. The molecule has 1 fully saturated rings. The molecule has 1 amide bonds. The number of amides is 1. The van der Waals surface area contributed by atoms with E-state index in [1.165, 1.54) is 31.0 Å². The number of hydrogen-bond acceptors (Lipinski definition) is 5. The Balaban J connectivity index is 1.56. The average Bonchev–Trinajstić information content (AvgIpc) is 3.02. The monoisotopic (exact) mass is 395 g/mol. The number of benzene rings is 1. The highest BCUT2D eigenvalue weighted by molar-refractivity contribution is 9.10. The zero-order valence-electron chi connectivity index (χ0n) is 12.6. The molecule has 2 aromatic rings. The summed E-state index contributed by atoms with van der Waals surface area (Å²) < 4.78 is 2.82. The van der Waals surface area contributed by atoms with Crippen molar-refractivity contribution in [2.75, 3.05) is 11.1 Å². The second-order valence-corrected chi connectivity index (χ2v) is 7.40. The summed E-state index contributed by atoms with van der Waals surface area (Å²) in [5.41, 5.74) is 0.775. The van der Waals surface area contributed by atoms with Crippen molar-refractivity contribution in [1.29, 1.82) is 0 Å². The maximum absolute atomic E-state index is 12.1. The van der Waals surface area contributed by atoms with Crippen molar-refractivity contribution < 1.29 is 4.79 Å². The SMILES string of the molecule is O=C(CSc1nnnn1C1CCCCC1)Nc1cccc(Br)c1. The van der Waals surface area contributed by atoms with Crippen molar-refractivity contribution in [3.63, 3.8) is 0 Å². The third-order valence-electron chi connectivity index (χ3n) is 3.82. The first-order valence-corrected chi connectivity index (χ1v) is 9.46. The molecule has 1 saturated carbocycles. The first-order valence-electron chi connectivity index (χ1n) is 7.68. The molecular weight excluding hydrogens is 378 g/mol. The van der Waals surface area contributed by atoms with Gasteiger partial charge in [0.05, 0.1) is 11.8 Å². The maximum Gasteiger partial charge on any atom is 0.234 e. The largest absolute Gasteiger partial charge is 0.325 e. The summed E-state index contributed by atoms with van der Waals surface area (Å²) in [5.74, 6) is 0.228. The number of nitrogens with zero attached hydrogens (tertiary/aromatic N) is 4. The molecular formula is C15H18BrN5OS. The number of carbonyl (C=O) groups excluding carboxylic acids is 1. The minimum atomic E-state index is -0.0636. The van der Waals surface area contributed by atoms with Gasteiger partial charge in [-0.2, -0.15) is 0 Å².